The first-order valence-electron chi connectivity index (χ1n) is 5.32. The molecule has 0 aromatic rings. The van der Waals surface area contributed by atoms with Crippen LogP contribution in [0.4, 0.5) is 0 Å². The number of carbonyl (C=O) groups is 1. The van der Waals surface area contributed by atoms with Crippen molar-refractivity contribution >= 4 is 5.91 Å². The molecule has 1 amide bonds. The largest absolute Gasteiger partial charge is 0.305 e. The normalized spacial score (nSPS) is 19.1. The van der Waals surface area contributed by atoms with E-state index in [9.17, 15) is 4.79 Å². The quantitative estimate of drug-likeness (QED) is 0.381. The monoisotopic (exact) mass is 199 g/mol. The molecule has 3 N–H and O–H groups in total. The van der Waals surface area contributed by atoms with E-state index in [0.717, 1.165) is 19.0 Å². The van der Waals surface area contributed by atoms with Crippen LogP contribution in [0.1, 0.15) is 26.2 Å². The fraction of sp³-hybridized carbons (Fsp3) is 0.900. The Labute approximate surface area is 85.8 Å². The summed E-state index contributed by atoms with van der Waals surface area (Å²) < 4.78 is 0. The standard InChI is InChI=1S/C10H21N3O/c1-8(10(14)12-11)6-13(2)7-9-4-3-5-9/h8-9H,3-7,11H2,1-2H3,(H,12,14). The molecule has 1 atom stereocenters. The Kier molecular flexibility index (Phi) is 4.35. The Morgan fingerprint density at radius 1 is 1.64 bits per heavy atom. The lowest BCUT2D eigenvalue weighted by Crippen LogP contribution is -2.41. The summed E-state index contributed by atoms with van der Waals surface area (Å²) in [6.07, 6.45) is 4.07. The highest BCUT2D eigenvalue weighted by Gasteiger charge is 2.21. The highest BCUT2D eigenvalue weighted by Crippen LogP contribution is 2.26. The fourth-order valence-corrected chi connectivity index (χ4v) is 1.88. The number of nitrogens with one attached hydrogen (secondary N) is 1. The van der Waals surface area contributed by atoms with Gasteiger partial charge in [-0.25, -0.2) is 5.84 Å². The van der Waals surface area contributed by atoms with Crippen LogP contribution in [0, 0.1) is 11.8 Å². The minimum absolute atomic E-state index is 0.0231. The Hall–Kier alpha value is -0.610. The number of rotatable bonds is 5. The van der Waals surface area contributed by atoms with Crippen LogP contribution < -0.4 is 11.3 Å². The predicted octanol–water partition coefficient (Wildman–Crippen LogP) is 0.344. The van der Waals surface area contributed by atoms with Crippen molar-refractivity contribution in [3.63, 3.8) is 0 Å². The van der Waals surface area contributed by atoms with Gasteiger partial charge in [0.2, 0.25) is 5.91 Å². The molecule has 0 aromatic carbocycles. The molecule has 1 rings (SSSR count). The molecule has 0 heterocycles. The molecule has 0 aromatic heterocycles. The van der Waals surface area contributed by atoms with Crippen LogP contribution in [0.2, 0.25) is 0 Å². The third-order valence-electron chi connectivity index (χ3n) is 2.97. The number of hydrogen-bond acceptors (Lipinski definition) is 3. The van der Waals surface area contributed by atoms with E-state index in [-0.39, 0.29) is 11.8 Å². The van der Waals surface area contributed by atoms with E-state index in [1.54, 1.807) is 0 Å². The van der Waals surface area contributed by atoms with Gasteiger partial charge in [0.05, 0.1) is 0 Å². The van der Waals surface area contributed by atoms with Gasteiger partial charge < -0.3 is 4.90 Å². The predicted molar refractivity (Wildman–Crippen MR) is 56.3 cm³/mol. The van der Waals surface area contributed by atoms with Gasteiger partial charge in [0.1, 0.15) is 0 Å². The second-order valence-electron chi connectivity index (χ2n) is 4.43. The Morgan fingerprint density at radius 3 is 2.71 bits per heavy atom. The summed E-state index contributed by atoms with van der Waals surface area (Å²) in [5, 5.41) is 0. The molecule has 0 aliphatic heterocycles. The van der Waals surface area contributed by atoms with Crippen molar-refractivity contribution in [1.29, 1.82) is 0 Å². The summed E-state index contributed by atoms with van der Waals surface area (Å²) in [5.41, 5.74) is 2.19. The second kappa shape index (κ2) is 5.32. The number of hydrazine groups is 1. The van der Waals surface area contributed by atoms with E-state index in [0.29, 0.717) is 0 Å². The first kappa shape index (κ1) is 11.5. The zero-order valence-corrected chi connectivity index (χ0v) is 9.12. The summed E-state index contributed by atoms with van der Waals surface area (Å²) in [6.45, 7) is 3.81. The third-order valence-corrected chi connectivity index (χ3v) is 2.97. The van der Waals surface area contributed by atoms with E-state index >= 15 is 0 Å². The van der Waals surface area contributed by atoms with Crippen LogP contribution in [0.3, 0.4) is 0 Å². The first-order valence-corrected chi connectivity index (χ1v) is 5.32. The molecule has 0 spiro atoms. The number of carbonyl (C=O) groups excluding carboxylic acids is 1. The number of hydrogen-bond donors (Lipinski definition) is 2. The van der Waals surface area contributed by atoms with Crippen LogP contribution in [0.5, 0.6) is 0 Å². The van der Waals surface area contributed by atoms with Gasteiger partial charge in [-0.05, 0) is 25.8 Å². The summed E-state index contributed by atoms with van der Waals surface area (Å²) in [7, 11) is 2.07. The van der Waals surface area contributed by atoms with Gasteiger partial charge in [-0.1, -0.05) is 13.3 Å². The van der Waals surface area contributed by atoms with Crippen molar-refractivity contribution in [3.05, 3.63) is 0 Å². The molecule has 0 bridgehead atoms. The molecule has 0 saturated heterocycles. The lowest BCUT2D eigenvalue weighted by molar-refractivity contribution is -0.125. The molecule has 1 saturated carbocycles. The highest BCUT2D eigenvalue weighted by atomic mass is 16.2. The van der Waals surface area contributed by atoms with Crippen molar-refractivity contribution in [3.8, 4) is 0 Å². The molecule has 1 aliphatic rings. The summed E-state index contributed by atoms with van der Waals surface area (Å²) in [4.78, 5) is 13.4. The van der Waals surface area contributed by atoms with Crippen molar-refractivity contribution < 1.29 is 4.79 Å². The zero-order chi connectivity index (χ0) is 10.6. The van der Waals surface area contributed by atoms with Gasteiger partial charge in [-0.3, -0.25) is 10.2 Å². The third kappa shape index (κ3) is 3.27. The minimum Gasteiger partial charge on any atom is -0.305 e. The molecule has 1 unspecified atom stereocenters. The van der Waals surface area contributed by atoms with Crippen molar-refractivity contribution in [2.75, 3.05) is 20.1 Å². The molecular weight excluding hydrogens is 178 g/mol. The maximum Gasteiger partial charge on any atom is 0.237 e. The summed E-state index contributed by atoms with van der Waals surface area (Å²) in [6, 6.07) is 0. The van der Waals surface area contributed by atoms with Crippen LogP contribution in [-0.4, -0.2) is 30.9 Å². The Bertz CT molecular complexity index is 192. The van der Waals surface area contributed by atoms with Gasteiger partial charge in [0.25, 0.3) is 0 Å². The molecule has 0 radical (unpaired) electrons. The van der Waals surface area contributed by atoms with Crippen molar-refractivity contribution in [1.82, 2.24) is 10.3 Å². The smallest absolute Gasteiger partial charge is 0.237 e. The lowest BCUT2D eigenvalue weighted by atomic mass is 9.85. The Balaban J connectivity index is 2.17. The van der Waals surface area contributed by atoms with Crippen molar-refractivity contribution in [2.45, 2.75) is 26.2 Å². The minimum atomic E-state index is -0.0783. The van der Waals surface area contributed by atoms with Gasteiger partial charge in [-0.15, -0.1) is 0 Å². The van der Waals surface area contributed by atoms with E-state index < -0.39 is 0 Å². The molecular formula is C10H21N3O. The molecule has 82 valence electrons. The molecule has 4 nitrogen and oxygen atoms in total. The topological polar surface area (TPSA) is 58.4 Å². The number of amides is 1. The Morgan fingerprint density at radius 2 is 2.29 bits per heavy atom. The SMILES string of the molecule is CC(CN(C)CC1CCC1)C(=O)NN. The van der Waals surface area contributed by atoms with Gasteiger partial charge >= 0.3 is 0 Å². The van der Waals surface area contributed by atoms with Crippen molar-refractivity contribution in [2.24, 2.45) is 17.7 Å². The summed E-state index contributed by atoms with van der Waals surface area (Å²) >= 11 is 0. The maximum atomic E-state index is 11.2. The first-order chi connectivity index (χ1) is 6.63. The average molecular weight is 199 g/mol. The van der Waals surface area contributed by atoms with E-state index in [2.05, 4.69) is 17.4 Å². The van der Waals surface area contributed by atoms with E-state index in [1.807, 2.05) is 6.92 Å². The van der Waals surface area contributed by atoms with Gasteiger partial charge in [0.15, 0.2) is 0 Å². The van der Waals surface area contributed by atoms with Crippen LogP contribution >= 0.6 is 0 Å². The summed E-state index contributed by atoms with van der Waals surface area (Å²) in [5.74, 6) is 5.82. The van der Waals surface area contributed by atoms with E-state index in [1.165, 1.54) is 19.3 Å². The van der Waals surface area contributed by atoms with Crippen LogP contribution in [-0.2, 0) is 4.79 Å². The molecule has 4 heteroatoms. The van der Waals surface area contributed by atoms with Gasteiger partial charge in [0, 0.05) is 19.0 Å². The average Bonchev–Trinajstić information content (AvgIpc) is 2.10. The second-order valence-corrected chi connectivity index (χ2v) is 4.43. The van der Waals surface area contributed by atoms with Crippen LogP contribution in [0.25, 0.3) is 0 Å². The number of nitrogens with zero attached hydrogens (tertiary/aromatic N) is 1. The molecule has 14 heavy (non-hydrogen) atoms. The van der Waals surface area contributed by atoms with E-state index in [4.69, 9.17) is 5.84 Å². The zero-order valence-electron chi connectivity index (χ0n) is 9.12. The lowest BCUT2D eigenvalue weighted by Gasteiger charge is -2.31. The molecule has 1 aliphatic carbocycles. The van der Waals surface area contributed by atoms with Gasteiger partial charge in [-0.2, -0.15) is 0 Å². The number of nitrogens with two attached hydrogens (primary N) is 1. The maximum absolute atomic E-state index is 11.2. The highest BCUT2D eigenvalue weighted by molar-refractivity contribution is 5.77. The van der Waals surface area contributed by atoms with Crippen LogP contribution in [0.15, 0.2) is 0 Å². The molecule has 1 fully saturated rings. The fourth-order valence-electron chi connectivity index (χ4n) is 1.88.